The van der Waals surface area contributed by atoms with Gasteiger partial charge in [0.25, 0.3) is 5.91 Å². The summed E-state index contributed by atoms with van der Waals surface area (Å²) >= 11 is 0. The summed E-state index contributed by atoms with van der Waals surface area (Å²) in [5.74, 6) is 0.0414. The minimum absolute atomic E-state index is 0.200. The molecular formula is C19H21N3O4. The van der Waals surface area contributed by atoms with E-state index in [9.17, 15) is 9.59 Å². The molecule has 2 heterocycles. The topological polar surface area (TPSA) is 86.4 Å². The van der Waals surface area contributed by atoms with Crippen LogP contribution in [0.2, 0.25) is 0 Å². The summed E-state index contributed by atoms with van der Waals surface area (Å²) in [6.45, 7) is 4.72. The molecule has 0 saturated heterocycles. The van der Waals surface area contributed by atoms with Crippen molar-refractivity contribution >= 4 is 17.1 Å². The first-order valence-corrected chi connectivity index (χ1v) is 8.60. The molecule has 1 amide bonds. The Morgan fingerprint density at radius 3 is 2.73 bits per heavy atom. The number of amides is 1. The first-order chi connectivity index (χ1) is 12.6. The Morgan fingerprint density at radius 2 is 2.04 bits per heavy atom. The second kappa shape index (κ2) is 7.86. The van der Waals surface area contributed by atoms with Gasteiger partial charge >= 0.3 is 5.76 Å². The molecule has 0 aliphatic carbocycles. The third kappa shape index (κ3) is 3.77. The van der Waals surface area contributed by atoms with Gasteiger partial charge < -0.3 is 14.5 Å². The van der Waals surface area contributed by atoms with Crippen molar-refractivity contribution < 1.29 is 13.9 Å². The highest BCUT2D eigenvalue weighted by Gasteiger charge is 2.17. The van der Waals surface area contributed by atoms with Crippen LogP contribution in [0.3, 0.4) is 0 Å². The SMILES string of the molecule is CCOc1ccc(C(=O)N[C@H](CC)Cn2c(=O)oc3cccnc32)cc1. The van der Waals surface area contributed by atoms with Crippen LogP contribution in [0.5, 0.6) is 5.75 Å². The van der Waals surface area contributed by atoms with Gasteiger partial charge in [0, 0.05) is 17.8 Å². The zero-order valence-electron chi connectivity index (χ0n) is 14.8. The Hall–Kier alpha value is -3.09. The van der Waals surface area contributed by atoms with Crippen LogP contribution in [0.15, 0.2) is 51.8 Å². The lowest BCUT2D eigenvalue weighted by Crippen LogP contribution is -2.39. The average molecular weight is 355 g/mol. The largest absolute Gasteiger partial charge is 0.494 e. The lowest BCUT2D eigenvalue weighted by molar-refractivity contribution is 0.0931. The summed E-state index contributed by atoms with van der Waals surface area (Å²) in [6, 6.07) is 10.1. The van der Waals surface area contributed by atoms with Gasteiger partial charge in [-0.3, -0.25) is 9.36 Å². The Balaban J connectivity index is 1.73. The Kier molecular flexibility index (Phi) is 5.36. The van der Waals surface area contributed by atoms with E-state index in [-0.39, 0.29) is 11.9 Å². The van der Waals surface area contributed by atoms with Crippen LogP contribution >= 0.6 is 0 Å². The number of ether oxygens (including phenoxy) is 1. The van der Waals surface area contributed by atoms with Gasteiger partial charge in [0.2, 0.25) is 0 Å². The highest BCUT2D eigenvalue weighted by atomic mass is 16.5. The monoisotopic (exact) mass is 355 g/mol. The standard InChI is InChI=1S/C19H21N3O4/c1-3-14(12-22-17-16(26-19(22)24)6-5-11-20-17)21-18(23)13-7-9-15(10-8-13)25-4-2/h5-11,14H,3-4,12H2,1-2H3,(H,21,23)/t14-/m1/s1. The van der Waals surface area contributed by atoms with Crippen molar-refractivity contribution in [3.05, 3.63) is 58.7 Å². The molecule has 0 fully saturated rings. The highest BCUT2D eigenvalue weighted by molar-refractivity contribution is 5.94. The summed E-state index contributed by atoms with van der Waals surface area (Å²) in [7, 11) is 0. The van der Waals surface area contributed by atoms with Crippen LogP contribution < -0.4 is 15.8 Å². The van der Waals surface area contributed by atoms with E-state index < -0.39 is 5.76 Å². The maximum absolute atomic E-state index is 12.5. The van der Waals surface area contributed by atoms with E-state index in [0.29, 0.717) is 36.4 Å². The fourth-order valence-electron chi connectivity index (χ4n) is 2.70. The van der Waals surface area contributed by atoms with E-state index in [1.807, 2.05) is 13.8 Å². The van der Waals surface area contributed by atoms with Gasteiger partial charge in [-0.1, -0.05) is 6.92 Å². The quantitative estimate of drug-likeness (QED) is 0.704. The number of carbonyl (C=O) groups excluding carboxylic acids is 1. The van der Waals surface area contributed by atoms with E-state index in [1.54, 1.807) is 42.6 Å². The molecule has 0 aliphatic rings. The number of rotatable bonds is 7. The van der Waals surface area contributed by atoms with E-state index in [1.165, 1.54) is 4.57 Å². The lowest BCUT2D eigenvalue weighted by atomic mass is 10.1. The van der Waals surface area contributed by atoms with Crippen molar-refractivity contribution in [2.75, 3.05) is 6.61 Å². The molecule has 26 heavy (non-hydrogen) atoms. The van der Waals surface area contributed by atoms with Gasteiger partial charge in [-0.2, -0.15) is 0 Å². The summed E-state index contributed by atoms with van der Waals surface area (Å²) in [4.78, 5) is 28.8. The van der Waals surface area contributed by atoms with E-state index >= 15 is 0 Å². The second-order valence-electron chi connectivity index (χ2n) is 5.84. The molecule has 1 N–H and O–H groups in total. The molecular weight excluding hydrogens is 334 g/mol. The Morgan fingerprint density at radius 1 is 1.27 bits per heavy atom. The molecule has 1 atom stereocenters. The van der Waals surface area contributed by atoms with Crippen molar-refractivity contribution in [1.29, 1.82) is 0 Å². The first kappa shape index (κ1) is 17.7. The van der Waals surface area contributed by atoms with Crippen LogP contribution in [-0.2, 0) is 6.54 Å². The molecule has 0 unspecified atom stereocenters. The molecule has 1 aromatic carbocycles. The fourth-order valence-corrected chi connectivity index (χ4v) is 2.70. The van der Waals surface area contributed by atoms with Crippen LogP contribution in [0.4, 0.5) is 0 Å². The van der Waals surface area contributed by atoms with E-state index in [2.05, 4.69) is 10.3 Å². The molecule has 7 nitrogen and oxygen atoms in total. The van der Waals surface area contributed by atoms with Crippen molar-refractivity contribution in [1.82, 2.24) is 14.9 Å². The fraction of sp³-hybridized carbons (Fsp3) is 0.316. The Bertz CT molecular complexity index is 943. The molecule has 0 saturated carbocycles. The number of carbonyl (C=O) groups is 1. The Labute approximate surface area is 150 Å². The van der Waals surface area contributed by atoms with Crippen molar-refractivity contribution in [2.45, 2.75) is 32.9 Å². The summed E-state index contributed by atoms with van der Waals surface area (Å²) in [6.07, 6.45) is 2.27. The van der Waals surface area contributed by atoms with Crippen molar-refractivity contribution in [2.24, 2.45) is 0 Å². The number of benzene rings is 1. The highest BCUT2D eigenvalue weighted by Crippen LogP contribution is 2.13. The van der Waals surface area contributed by atoms with Gasteiger partial charge in [-0.15, -0.1) is 0 Å². The van der Waals surface area contributed by atoms with Gasteiger partial charge in [-0.05, 0) is 49.7 Å². The second-order valence-corrected chi connectivity index (χ2v) is 5.84. The van der Waals surface area contributed by atoms with Gasteiger partial charge in [0.15, 0.2) is 11.2 Å². The molecule has 0 bridgehead atoms. The maximum Gasteiger partial charge on any atom is 0.421 e. The molecule has 0 radical (unpaired) electrons. The number of oxazole rings is 1. The maximum atomic E-state index is 12.5. The third-order valence-corrected chi connectivity index (χ3v) is 4.08. The van der Waals surface area contributed by atoms with E-state index in [4.69, 9.17) is 9.15 Å². The number of nitrogens with zero attached hydrogens (tertiary/aromatic N) is 2. The number of hydrogen-bond acceptors (Lipinski definition) is 5. The zero-order chi connectivity index (χ0) is 18.5. The summed E-state index contributed by atoms with van der Waals surface area (Å²) in [5.41, 5.74) is 1.45. The molecule has 136 valence electrons. The van der Waals surface area contributed by atoms with Crippen LogP contribution in [0.25, 0.3) is 11.2 Å². The molecule has 3 aromatic rings. The predicted molar refractivity (Wildman–Crippen MR) is 97.4 cm³/mol. The van der Waals surface area contributed by atoms with Crippen LogP contribution in [-0.4, -0.2) is 28.1 Å². The summed E-state index contributed by atoms with van der Waals surface area (Å²) in [5, 5.41) is 2.96. The minimum Gasteiger partial charge on any atom is -0.494 e. The van der Waals surface area contributed by atoms with Crippen LogP contribution in [0.1, 0.15) is 30.6 Å². The molecule has 0 spiro atoms. The molecule has 2 aromatic heterocycles. The van der Waals surface area contributed by atoms with Gasteiger partial charge in [0.05, 0.1) is 13.2 Å². The molecule has 0 aliphatic heterocycles. The molecule has 7 heteroatoms. The van der Waals surface area contributed by atoms with Gasteiger partial charge in [0.1, 0.15) is 5.75 Å². The normalized spacial score (nSPS) is 12.1. The predicted octanol–water partition coefficient (Wildman–Crippen LogP) is 2.60. The average Bonchev–Trinajstić information content (AvgIpc) is 2.97. The number of aromatic nitrogens is 2. The smallest absolute Gasteiger partial charge is 0.421 e. The number of nitrogens with one attached hydrogen (secondary N) is 1. The van der Waals surface area contributed by atoms with Gasteiger partial charge in [-0.25, -0.2) is 9.78 Å². The number of hydrogen-bond donors (Lipinski definition) is 1. The number of fused-ring (bicyclic) bond motifs is 1. The molecule has 3 rings (SSSR count). The summed E-state index contributed by atoms with van der Waals surface area (Å²) < 4.78 is 12.0. The third-order valence-electron chi connectivity index (χ3n) is 4.08. The zero-order valence-corrected chi connectivity index (χ0v) is 14.8. The number of pyridine rings is 1. The minimum atomic E-state index is -0.479. The van der Waals surface area contributed by atoms with Crippen molar-refractivity contribution in [3.63, 3.8) is 0 Å². The lowest BCUT2D eigenvalue weighted by Gasteiger charge is -2.17. The first-order valence-electron chi connectivity index (χ1n) is 8.60. The van der Waals surface area contributed by atoms with E-state index in [0.717, 1.165) is 5.75 Å². The van der Waals surface area contributed by atoms with Crippen LogP contribution in [0, 0.1) is 0 Å². The van der Waals surface area contributed by atoms with Crippen molar-refractivity contribution in [3.8, 4) is 5.75 Å².